The van der Waals surface area contributed by atoms with Gasteiger partial charge < -0.3 is 9.84 Å². The third kappa shape index (κ3) is 3.70. The van der Waals surface area contributed by atoms with Crippen molar-refractivity contribution in [3.8, 4) is 16.3 Å². The van der Waals surface area contributed by atoms with Crippen molar-refractivity contribution in [2.24, 2.45) is 0 Å². The maximum Gasteiger partial charge on any atom is 0.328 e. The number of aryl methyl sites for hydroxylation is 1. The zero-order valence-corrected chi connectivity index (χ0v) is 12.8. The molecule has 0 aliphatic carbocycles. The number of benzene rings is 1. The van der Waals surface area contributed by atoms with E-state index in [1.165, 1.54) is 11.3 Å². The highest BCUT2D eigenvalue weighted by atomic mass is 32.1. The van der Waals surface area contributed by atoms with Crippen LogP contribution in [0.4, 0.5) is 0 Å². The fraction of sp³-hybridized carbons (Fsp3) is 0.250. The Labute approximate surface area is 127 Å². The average Bonchev–Trinajstić information content (AvgIpc) is 2.88. The zero-order chi connectivity index (χ0) is 15.2. The Kier molecular flexibility index (Phi) is 5.11. The molecule has 1 aromatic carbocycles. The van der Waals surface area contributed by atoms with Crippen molar-refractivity contribution >= 4 is 23.4 Å². The van der Waals surface area contributed by atoms with E-state index < -0.39 is 5.97 Å². The molecule has 0 aliphatic heterocycles. The number of hydrogen-bond donors (Lipinski definition) is 1. The molecule has 1 N–H and O–H groups in total. The molecule has 0 saturated heterocycles. The van der Waals surface area contributed by atoms with Crippen molar-refractivity contribution in [3.05, 3.63) is 40.9 Å². The molecular weight excluding hydrogens is 286 g/mol. The molecule has 2 rings (SSSR count). The zero-order valence-electron chi connectivity index (χ0n) is 12.0. The smallest absolute Gasteiger partial charge is 0.328 e. The van der Waals surface area contributed by atoms with Crippen molar-refractivity contribution in [2.45, 2.75) is 19.8 Å². The van der Waals surface area contributed by atoms with Crippen LogP contribution in [0.15, 0.2) is 30.3 Å². The minimum Gasteiger partial charge on any atom is -0.496 e. The lowest BCUT2D eigenvalue weighted by Gasteiger charge is -2.04. The number of para-hydroxylation sites is 1. The number of rotatable bonds is 6. The van der Waals surface area contributed by atoms with Crippen LogP contribution in [0.5, 0.6) is 5.75 Å². The van der Waals surface area contributed by atoms with Gasteiger partial charge in [0.15, 0.2) is 0 Å². The predicted octanol–water partition coefficient (Wildman–Crippen LogP) is 3.87. The minimum absolute atomic E-state index is 0.767. The Morgan fingerprint density at radius 1 is 1.43 bits per heavy atom. The summed E-state index contributed by atoms with van der Waals surface area (Å²) in [6, 6.07) is 7.70. The number of carbonyl (C=O) groups is 1. The van der Waals surface area contributed by atoms with Gasteiger partial charge in [-0.2, -0.15) is 0 Å². The molecule has 4 nitrogen and oxygen atoms in total. The predicted molar refractivity (Wildman–Crippen MR) is 84.8 cm³/mol. The summed E-state index contributed by atoms with van der Waals surface area (Å²) in [7, 11) is 1.63. The number of nitrogens with zero attached hydrogens (tertiary/aromatic N) is 1. The van der Waals surface area contributed by atoms with E-state index in [0.29, 0.717) is 0 Å². The minimum atomic E-state index is -0.954. The summed E-state index contributed by atoms with van der Waals surface area (Å²) in [5.41, 5.74) is 1.86. The average molecular weight is 303 g/mol. The molecule has 110 valence electrons. The third-order valence-corrected chi connectivity index (χ3v) is 4.03. The van der Waals surface area contributed by atoms with Crippen LogP contribution < -0.4 is 4.74 Å². The van der Waals surface area contributed by atoms with Crippen LogP contribution in [-0.4, -0.2) is 23.2 Å². The van der Waals surface area contributed by atoms with Crippen LogP contribution in [0.2, 0.25) is 0 Å². The van der Waals surface area contributed by atoms with E-state index in [2.05, 4.69) is 11.9 Å². The van der Waals surface area contributed by atoms with E-state index in [1.54, 1.807) is 13.2 Å². The van der Waals surface area contributed by atoms with E-state index in [-0.39, 0.29) is 0 Å². The Bertz CT molecular complexity index is 661. The van der Waals surface area contributed by atoms with Crippen LogP contribution in [0.3, 0.4) is 0 Å². The molecule has 0 saturated carbocycles. The van der Waals surface area contributed by atoms with E-state index in [0.717, 1.165) is 45.8 Å². The first-order valence-electron chi connectivity index (χ1n) is 6.69. The van der Waals surface area contributed by atoms with Crippen molar-refractivity contribution in [2.75, 3.05) is 7.11 Å². The lowest BCUT2D eigenvalue weighted by Crippen LogP contribution is -1.89. The first kappa shape index (κ1) is 15.3. The van der Waals surface area contributed by atoms with Crippen LogP contribution >= 0.6 is 11.3 Å². The summed E-state index contributed by atoms with van der Waals surface area (Å²) in [4.78, 5) is 16.2. The molecule has 0 amide bonds. The first-order chi connectivity index (χ1) is 10.2. The molecule has 0 fully saturated rings. The van der Waals surface area contributed by atoms with Gasteiger partial charge in [-0.15, -0.1) is 11.3 Å². The first-order valence-corrected chi connectivity index (χ1v) is 7.51. The molecule has 0 spiro atoms. The number of aliphatic carboxylic acids is 1. The van der Waals surface area contributed by atoms with Gasteiger partial charge in [0.25, 0.3) is 0 Å². The maximum atomic E-state index is 10.7. The van der Waals surface area contributed by atoms with Gasteiger partial charge in [0.2, 0.25) is 0 Å². The molecule has 1 aromatic heterocycles. The van der Waals surface area contributed by atoms with Crippen molar-refractivity contribution in [1.82, 2.24) is 4.98 Å². The quantitative estimate of drug-likeness (QED) is 0.823. The third-order valence-electron chi connectivity index (χ3n) is 2.93. The van der Waals surface area contributed by atoms with Crippen LogP contribution in [0, 0.1) is 0 Å². The van der Waals surface area contributed by atoms with E-state index >= 15 is 0 Å². The highest BCUT2D eigenvalue weighted by Crippen LogP contribution is 2.35. The summed E-state index contributed by atoms with van der Waals surface area (Å²) in [5.74, 6) is -0.187. The SMILES string of the molecule is CCCc1nc(-c2ccccc2OC)sc1/C=C/C(=O)O. The van der Waals surface area contributed by atoms with Gasteiger partial charge in [0.05, 0.1) is 23.2 Å². The van der Waals surface area contributed by atoms with Gasteiger partial charge in [-0.25, -0.2) is 9.78 Å². The highest BCUT2D eigenvalue weighted by Gasteiger charge is 2.13. The summed E-state index contributed by atoms with van der Waals surface area (Å²) in [6.45, 7) is 2.08. The second-order valence-corrected chi connectivity index (χ2v) is 5.48. The van der Waals surface area contributed by atoms with Gasteiger partial charge in [-0.3, -0.25) is 0 Å². The summed E-state index contributed by atoms with van der Waals surface area (Å²) in [6.07, 6.45) is 4.55. The standard InChI is InChI=1S/C16H17NO3S/c1-3-6-12-14(9-10-15(18)19)21-16(17-12)11-7-4-5-8-13(11)20-2/h4-5,7-10H,3,6H2,1-2H3,(H,18,19)/b10-9+. The molecule has 21 heavy (non-hydrogen) atoms. The normalized spacial score (nSPS) is 11.0. The largest absolute Gasteiger partial charge is 0.496 e. The number of carboxylic acids is 1. The van der Waals surface area contributed by atoms with E-state index in [1.807, 2.05) is 24.3 Å². The Morgan fingerprint density at radius 3 is 2.86 bits per heavy atom. The van der Waals surface area contributed by atoms with Crippen LogP contribution in [-0.2, 0) is 11.2 Å². The molecule has 0 atom stereocenters. The van der Waals surface area contributed by atoms with Crippen molar-refractivity contribution < 1.29 is 14.6 Å². The Hall–Kier alpha value is -2.14. The number of thiazole rings is 1. The van der Waals surface area contributed by atoms with Crippen LogP contribution in [0.25, 0.3) is 16.6 Å². The van der Waals surface area contributed by atoms with E-state index in [4.69, 9.17) is 9.84 Å². The fourth-order valence-corrected chi connectivity index (χ4v) is 3.04. The number of ether oxygens (including phenoxy) is 1. The molecule has 1 heterocycles. The summed E-state index contributed by atoms with van der Waals surface area (Å²) >= 11 is 1.48. The van der Waals surface area contributed by atoms with Gasteiger partial charge in [-0.05, 0) is 24.6 Å². The maximum absolute atomic E-state index is 10.7. The van der Waals surface area contributed by atoms with Gasteiger partial charge in [0.1, 0.15) is 10.8 Å². The molecule has 0 bridgehead atoms. The number of aromatic nitrogens is 1. The highest BCUT2D eigenvalue weighted by molar-refractivity contribution is 7.16. The van der Waals surface area contributed by atoms with E-state index in [9.17, 15) is 4.79 Å². The van der Waals surface area contributed by atoms with Crippen molar-refractivity contribution in [3.63, 3.8) is 0 Å². The lowest BCUT2D eigenvalue weighted by atomic mass is 10.2. The Morgan fingerprint density at radius 2 is 2.19 bits per heavy atom. The van der Waals surface area contributed by atoms with Gasteiger partial charge in [0, 0.05) is 6.08 Å². The summed E-state index contributed by atoms with van der Waals surface area (Å²) in [5, 5.41) is 9.63. The monoisotopic (exact) mass is 303 g/mol. The number of carboxylic acid groups (broad SMARTS) is 1. The molecule has 5 heteroatoms. The Balaban J connectivity index is 2.45. The second kappa shape index (κ2) is 7.04. The van der Waals surface area contributed by atoms with Crippen LogP contribution in [0.1, 0.15) is 23.9 Å². The molecular formula is C16H17NO3S. The van der Waals surface area contributed by atoms with Crippen molar-refractivity contribution in [1.29, 1.82) is 0 Å². The lowest BCUT2D eigenvalue weighted by molar-refractivity contribution is -0.131. The van der Waals surface area contributed by atoms with Gasteiger partial charge >= 0.3 is 5.97 Å². The summed E-state index contributed by atoms with van der Waals surface area (Å²) < 4.78 is 5.36. The molecule has 2 aromatic rings. The fourth-order valence-electron chi connectivity index (χ4n) is 1.99. The molecule has 0 unspecified atom stereocenters. The second-order valence-electron chi connectivity index (χ2n) is 4.45. The number of hydrogen-bond acceptors (Lipinski definition) is 4. The molecule has 0 radical (unpaired) electrons. The number of methoxy groups -OCH3 is 1. The van der Waals surface area contributed by atoms with Gasteiger partial charge in [-0.1, -0.05) is 25.5 Å². The topological polar surface area (TPSA) is 59.4 Å². The molecule has 0 aliphatic rings.